The van der Waals surface area contributed by atoms with Gasteiger partial charge in [0.05, 0.1) is 24.1 Å². The third kappa shape index (κ3) is 2.40. The van der Waals surface area contributed by atoms with E-state index < -0.39 is 5.97 Å². The second-order valence-electron chi connectivity index (χ2n) is 5.53. The summed E-state index contributed by atoms with van der Waals surface area (Å²) >= 11 is 0. The zero-order valence-electron chi connectivity index (χ0n) is 12.3. The predicted molar refractivity (Wildman–Crippen MR) is 85.5 cm³/mol. The molecule has 2 heterocycles. The zero-order valence-corrected chi connectivity index (χ0v) is 12.3. The summed E-state index contributed by atoms with van der Waals surface area (Å²) in [7, 11) is 0. The van der Waals surface area contributed by atoms with Crippen LogP contribution >= 0.6 is 0 Å². The van der Waals surface area contributed by atoms with Crippen molar-refractivity contribution in [1.29, 1.82) is 0 Å². The van der Waals surface area contributed by atoms with Gasteiger partial charge in [-0.15, -0.1) is 0 Å². The van der Waals surface area contributed by atoms with Crippen LogP contribution in [0.25, 0.3) is 22.2 Å². The molecule has 4 rings (SSSR count). The molecule has 3 aromatic rings. The van der Waals surface area contributed by atoms with Crippen molar-refractivity contribution in [2.45, 2.75) is 12.8 Å². The van der Waals surface area contributed by atoms with E-state index in [9.17, 15) is 4.79 Å². The molecule has 5 heteroatoms. The average Bonchev–Trinajstić information content (AvgIpc) is 3.01. The number of carboxylic acid groups (broad SMARTS) is 1. The first-order chi connectivity index (χ1) is 11.2. The molecular formula is C18H14N2O3. The van der Waals surface area contributed by atoms with Crippen LogP contribution < -0.4 is 4.74 Å². The normalized spacial score (nSPS) is 12.9. The lowest BCUT2D eigenvalue weighted by Crippen LogP contribution is -2.01. The van der Waals surface area contributed by atoms with Gasteiger partial charge in [-0.3, -0.25) is 14.8 Å². The molecule has 0 saturated carbocycles. The van der Waals surface area contributed by atoms with Crippen molar-refractivity contribution in [3.8, 4) is 16.9 Å². The number of carbonyl (C=O) groups is 1. The number of nitrogens with zero attached hydrogens (tertiary/aromatic N) is 2. The van der Waals surface area contributed by atoms with E-state index in [1.54, 1.807) is 12.4 Å². The Hall–Kier alpha value is -2.95. The van der Waals surface area contributed by atoms with E-state index in [-0.39, 0.29) is 6.42 Å². The molecule has 23 heavy (non-hydrogen) atoms. The Balaban J connectivity index is 1.97. The number of ether oxygens (including phenoxy) is 1. The van der Waals surface area contributed by atoms with E-state index in [2.05, 4.69) is 9.97 Å². The van der Waals surface area contributed by atoms with Crippen LogP contribution in [-0.4, -0.2) is 27.7 Å². The minimum Gasteiger partial charge on any atom is -0.492 e. The minimum atomic E-state index is -0.840. The van der Waals surface area contributed by atoms with Gasteiger partial charge in [0.1, 0.15) is 5.75 Å². The highest BCUT2D eigenvalue weighted by Crippen LogP contribution is 2.40. The van der Waals surface area contributed by atoms with Crippen molar-refractivity contribution in [3.05, 3.63) is 53.9 Å². The summed E-state index contributed by atoms with van der Waals surface area (Å²) < 4.78 is 5.80. The largest absolute Gasteiger partial charge is 0.492 e. The van der Waals surface area contributed by atoms with Crippen molar-refractivity contribution in [2.24, 2.45) is 0 Å². The van der Waals surface area contributed by atoms with Gasteiger partial charge in [0.2, 0.25) is 0 Å². The molecule has 2 aromatic carbocycles. The summed E-state index contributed by atoms with van der Waals surface area (Å²) in [6, 6.07) is 9.63. The van der Waals surface area contributed by atoms with Gasteiger partial charge in [0.15, 0.2) is 0 Å². The Labute approximate surface area is 132 Å². The van der Waals surface area contributed by atoms with Crippen molar-refractivity contribution < 1.29 is 14.6 Å². The van der Waals surface area contributed by atoms with Gasteiger partial charge in [0, 0.05) is 29.9 Å². The summed E-state index contributed by atoms with van der Waals surface area (Å²) in [5.74, 6) is -0.00943. The lowest BCUT2D eigenvalue weighted by molar-refractivity contribution is -0.136. The Bertz CT molecular complexity index is 916. The molecular weight excluding hydrogens is 292 g/mol. The molecule has 1 aromatic heterocycles. The number of rotatable bonds is 3. The van der Waals surface area contributed by atoms with E-state index in [1.807, 2.05) is 30.3 Å². The van der Waals surface area contributed by atoms with Crippen molar-refractivity contribution in [3.63, 3.8) is 0 Å². The summed E-state index contributed by atoms with van der Waals surface area (Å²) in [5.41, 5.74) is 5.24. The third-order valence-electron chi connectivity index (χ3n) is 3.99. The first-order valence-electron chi connectivity index (χ1n) is 7.43. The Morgan fingerprint density at radius 1 is 1.17 bits per heavy atom. The molecule has 1 aliphatic heterocycles. The average molecular weight is 306 g/mol. The van der Waals surface area contributed by atoms with Crippen LogP contribution in [0.3, 0.4) is 0 Å². The van der Waals surface area contributed by atoms with Crippen LogP contribution in [0.15, 0.2) is 42.7 Å². The first-order valence-corrected chi connectivity index (χ1v) is 7.43. The molecule has 1 N–H and O–H groups in total. The number of carboxylic acids is 1. The SMILES string of the molecule is O=C(O)Cc1cc2c(c(-c3cccc4nccnc34)c1)OCC2. The van der Waals surface area contributed by atoms with Gasteiger partial charge in [-0.1, -0.05) is 18.2 Å². The summed E-state index contributed by atoms with van der Waals surface area (Å²) in [4.78, 5) is 19.8. The maximum Gasteiger partial charge on any atom is 0.307 e. The van der Waals surface area contributed by atoms with E-state index >= 15 is 0 Å². The molecule has 0 unspecified atom stereocenters. The highest BCUT2D eigenvalue weighted by atomic mass is 16.5. The van der Waals surface area contributed by atoms with Gasteiger partial charge < -0.3 is 9.84 Å². The Morgan fingerprint density at radius 2 is 2.04 bits per heavy atom. The van der Waals surface area contributed by atoms with Crippen LogP contribution in [-0.2, 0) is 17.6 Å². The molecule has 0 aliphatic carbocycles. The number of fused-ring (bicyclic) bond motifs is 2. The predicted octanol–water partition coefficient (Wildman–Crippen LogP) is 2.86. The number of aliphatic carboxylic acids is 1. The molecule has 0 saturated heterocycles. The van der Waals surface area contributed by atoms with Crippen LogP contribution in [0.2, 0.25) is 0 Å². The molecule has 0 radical (unpaired) electrons. The summed E-state index contributed by atoms with van der Waals surface area (Å²) in [6.45, 7) is 0.620. The fourth-order valence-corrected chi connectivity index (χ4v) is 3.06. The molecule has 0 fully saturated rings. The van der Waals surface area contributed by atoms with E-state index in [1.165, 1.54) is 0 Å². The maximum absolute atomic E-state index is 11.1. The number of hydrogen-bond donors (Lipinski definition) is 1. The van der Waals surface area contributed by atoms with Gasteiger partial charge >= 0.3 is 5.97 Å². The van der Waals surface area contributed by atoms with Gasteiger partial charge in [-0.2, -0.15) is 0 Å². The van der Waals surface area contributed by atoms with Gasteiger partial charge in [-0.25, -0.2) is 0 Å². The third-order valence-corrected chi connectivity index (χ3v) is 3.99. The number of para-hydroxylation sites is 1. The van der Waals surface area contributed by atoms with Crippen LogP contribution in [0.1, 0.15) is 11.1 Å². The lowest BCUT2D eigenvalue weighted by atomic mass is 9.96. The standard InChI is InChI=1S/C18H14N2O3/c21-16(22)10-11-8-12-4-7-23-18(12)14(9-11)13-2-1-3-15-17(13)20-6-5-19-15/h1-3,5-6,8-9H,4,7,10H2,(H,21,22). The van der Waals surface area contributed by atoms with Crippen LogP contribution in [0.4, 0.5) is 0 Å². The number of aromatic nitrogens is 2. The molecule has 1 aliphatic rings. The minimum absolute atomic E-state index is 0.00325. The molecule has 114 valence electrons. The Morgan fingerprint density at radius 3 is 2.91 bits per heavy atom. The van der Waals surface area contributed by atoms with E-state index in [0.29, 0.717) is 6.61 Å². The highest BCUT2D eigenvalue weighted by molar-refractivity contribution is 5.94. The van der Waals surface area contributed by atoms with Gasteiger partial charge in [-0.05, 0) is 23.3 Å². The quantitative estimate of drug-likeness (QED) is 0.805. The number of benzene rings is 2. The maximum atomic E-state index is 11.1. The summed E-state index contributed by atoms with van der Waals surface area (Å²) in [5, 5.41) is 9.10. The van der Waals surface area contributed by atoms with E-state index in [0.717, 1.165) is 45.5 Å². The fraction of sp³-hybridized carbons (Fsp3) is 0.167. The second kappa shape index (κ2) is 5.35. The molecule has 0 bridgehead atoms. The molecule has 0 atom stereocenters. The number of hydrogen-bond acceptors (Lipinski definition) is 4. The van der Waals surface area contributed by atoms with Crippen molar-refractivity contribution in [2.75, 3.05) is 6.61 Å². The van der Waals surface area contributed by atoms with E-state index in [4.69, 9.17) is 9.84 Å². The topological polar surface area (TPSA) is 72.3 Å². The van der Waals surface area contributed by atoms with Crippen molar-refractivity contribution in [1.82, 2.24) is 9.97 Å². The Kier molecular flexibility index (Phi) is 3.19. The monoisotopic (exact) mass is 306 g/mol. The zero-order chi connectivity index (χ0) is 15.8. The van der Waals surface area contributed by atoms with Crippen molar-refractivity contribution >= 4 is 17.0 Å². The first kappa shape index (κ1) is 13.7. The molecule has 0 spiro atoms. The van der Waals surface area contributed by atoms with Gasteiger partial charge in [0.25, 0.3) is 0 Å². The summed E-state index contributed by atoms with van der Waals surface area (Å²) in [6.07, 6.45) is 4.12. The van der Waals surface area contributed by atoms with Crippen LogP contribution in [0, 0.1) is 0 Å². The fourth-order valence-electron chi connectivity index (χ4n) is 3.06. The molecule has 5 nitrogen and oxygen atoms in total. The second-order valence-corrected chi connectivity index (χ2v) is 5.53. The smallest absolute Gasteiger partial charge is 0.307 e. The lowest BCUT2D eigenvalue weighted by Gasteiger charge is -2.12. The highest BCUT2D eigenvalue weighted by Gasteiger charge is 2.21. The molecule has 0 amide bonds. The van der Waals surface area contributed by atoms with Crippen LogP contribution in [0.5, 0.6) is 5.75 Å².